The minimum Gasteiger partial charge on any atom is -0.449 e. The van der Waals surface area contributed by atoms with Crippen LogP contribution in [0.25, 0.3) is 0 Å². The predicted molar refractivity (Wildman–Crippen MR) is 64.1 cm³/mol. The van der Waals surface area contributed by atoms with Crippen molar-refractivity contribution in [3.63, 3.8) is 0 Å². The van der Waals surface area contributed by atoms with Gasteiger partial charge < -0.3 is 4.74 Å². The molecule has 1 aliphatic rings. The zero-order valence-corrected chi connectivity index (χ0v) is 11.3. The van der Waals surface area contributed by atoms with Crippen molar-refractivity contribution in [2.24, 2.45) is 0 Å². The number of ether oxygens (including phenoxy) is 1. The molecule has 104 valence electrons. The van der Waals surface area contributed by atoms with Crippen molar-refractivity contribution in [2.45, 2.75) is 38.6 Å². The van der Waals surface area contributed by atoms with Gasteiger partial charge in [0.1, 0.15) is 5.78 Å². The second-order valence-electron chi connectivity index (χ2n) is 4.11. The Labute approximate surface area is 107 Å². The standard InChI is InChI=1S/C10H18N2O5S/c1-3-17-10(14)11-18(15,16)12(2)8-4-6-9(13)7-5-8/h8H,3-7H2,1-2H3,(H,11,14). The van der Waals surface area contributed by atoms with Gasteiger partial charge in [-0.2, -0.15) is 12.7 Å². The number of carbonyl (C=O) groups excluding carboxylic acids is 2. The average Bonchev–Trinajstić information content (AvgIpc) is 2.28. The normalized spacial score (nSPS) is 17.8. The van der Waals surface area contributed by atoms with E-state index in [1.165, 1.54) is 7.05 Å². The third-order valence-electron chi connectivity index (χ3n) is 2.89. The third kappa shape index (κ3) is 3.95. The number of hydrogen-bond acceptors (Lipinski definition) is 5. The number of Topliss-reactive ketones (excluding diaryl/α,β-unsaturated/α-hetero) is 1. The van der Waals surface area contributed by atoms with Gasteiger partial charge in [-0.05, 0) is 19.8 Å². The molecule has 0 atom stereocenters. The molecule has 0 bridgehead atoms. The minimum atomic E-state index is -3.90. The van der Waals surface area contributed by atoms with E-state index in [1.54, 1.807) is 6.92 Å². The Morgan fingerprint density at radius 3 is 2.50 bits per heavy atom. The Morgan fingerprint density at radius 1 is 1.44 bits per heavy atom. The van der Waals surface area contributed by atoms with E-state index >= 15 is 0 Å². The van der Waals surface area contributed by atoms with E-state index in [0.29, 0.717) is 25.7 Å². The molecular formula is C10H18N2O5S. The number of nitrogens with one attached hydrogen (secondary N) is 1. The van der Waals surface area contributed by atoms with Crippen LogP contribution in [0, 0.1) is 0 Å². The molecule has 0 radical (unpaired) electrons. The van der Waals surface area contributed by atoms with E-state index in [-0.39, 0.29) is 18.4 Å². The van der Waals surface area contributed by atoms with Crippen molar-refractivity contribution in [1.29, 1.82) is 0 Å². The fraction of sp³-hybridized carbons (Fsp3) is 0.800. The van der Waals surface area contributed by atoms with Gasteiger partial charge in [-0.25, -0.2) is 9.52 Å². The van der Waals surface area contributed by atoms with Gasteiger partial charge in [0.2, 0.25) is 0 Å². The van der Waals surface area contributed by atoms with Crippen LogP contribution in [-0.2, 0) is 19.7 Å². The molecule has 18 heavy (non-hydrogen) atoms. The highest BCUT2D eigenvalue weighted by atomic mass is 32.2. The molecule has 1 N–H and O–H groups in total. The lowest BCUT2D eigenvalue weighted by Crippen LogP contribution is -2.47. The van der Waals surface area contributed by atoms with Crippen LogP contribution >= 0.6 is 0 Å². The van der Waals surface area contributed by atoms with Crippen molar-refractivity contribution in [3.8, 4) is 0 Å². The van der Waals surface area contributed by atoms with E-state index in [1.807, 2.05) is 4.72 Å². The smallest absolute Gasteiger partial charge is 0.421 e. The number of hydrogen-bond donors (Lipinski definition) is 1. The Balaban J connectivity index is 2.61. The summed E-state index contributed by atoms with van der Waals surface area (Å²) < 4.78 is 31.1. The molecule has 0 heterocycles. The third-order valence-corrected chi connectivity index (χ3v) is 4.37. The Bertz CT molecular complexity index is 410. The highest BCUT2D eigenvalue weighted by Gasteiger charge is 2.30. The van der Waals surface area contributed by atoms with E-state index in [0.717, 1.165) is 4.31 Å². The van der Waals surface area contributed by atoms with Crippen molar-refractivity contribution in [1.82, 2.24) is 9.03 Å². The molecule has 1 amide bonds. The fourth-order valence-corrected chi connectivity index (χ4v) is 2.84. The molecule has 0 aromatic heterocycles. The van der Waals surface area contributed by atoms with E-state index in [9.17, 15) is 18.0 Å². The summed E-state index contributed by atoms with van der Waals surface area (Å²) in [7, 11) is -2.51. The number of nitrogens with zero attached hydrogens (tertiary/aromatic N) is 1. The van der Waals surface area contributed by atoms with Crippen molar-refractivity contribution in [2.75, 3.05) is 13.7 Å². The summed E-state index contributed by atoms with van der Waals surface area (Å²) in [5.41, 5.74) is 0. The molecule has 0 spiro atoms. The molecule has 1 saturated carbocycles. The monoisotopic (exact) mass is 278 g/mol. The summed E-state index contributed by atoms with van der Waals surface area (Å²) in [6.45, 7) is 1.69. The predicted octanol–water partition coefficient (Wildman–Crippen LogP) is 0.421. The summed E-state index contributed by atoms with van der Waals surface area (Å²) in [4.78, 5) is 22.2. The summed E-state index contributed by atoms with van der Waals surface area (Å²) in [6.07, 6.45) is 0.739. The number of ketones is 1. The maximum Gasteiger partial charge on any atom is 0.421 e. The van der Waals surface area contributed by atoms with E-state index < -0.39 is 16.3 Å². The molecule has 8 heteroatoms. The summed E-state index contributed by atoms with van der Waals surface area (Å²) >= 11 is 0. The molecular weight excluding hydrogens is 260 g/mol. The summed E-state index contributed by atoms with van der Waals surface area (Å²) in [5, 5.41) is 0. The van der Waals surface area contributed by atoms with Crippen LogP contribution in [0.1, 0.15) is 32.6 Å². The van der Waals surface area contributed by atoms with E-state index in [4.69, 9.17) is 0 Å². The molecule has 1 fully saturated rings. The number of carbonyl (C=O) groups is 2. The number of rotatable bonds is 4. The zero-order valence-electron chi connectivity index (χ0n) is 10.5. The van der Waals surface area contributed by atoms with Gasteiger partial charge in [-0.3, -0.25) is 4.79 Å². The van der Waals surface area contributed by atoms with Crippen LogP contribution in [0.5, 0.6) is 0 Å². The average molecular weight is 278 g/mol. The summed E-state index contributed by atoms with van der Waals surface area (Å²) in [5.74, 6) is 0.149. The van der Waals surface area contributed by atoms with Gasteiger partial charge >= 0.3 is 16.3 Å². The first-order valence-corrected chi connectivity index (χ1v) is 7.25. The first-order valence-electron chi connectivity index (χ1n) is 5.81. The quantitative estimate of drug-likeness (QED) is 0.804. The van der Waals surface area contributed by atoms with Crippen LogP contribution in [0.15, 0.2) is 0 Å². The van der Waals surface area contributed by atoms with Gasteiger partial charge in [0.05, 0.1) is 6.61 Å². The van der Waals surface area contributed by atoms with Crippen molar-refractivity contribution >= 4 is 22.1 Å². The largest absolute Gasteiger partial charge is 0.449 e. The number of amides is 1. The van der Waals surface area contributed by atoms with Gasteiger partial charge in [0, 0.05) is 25.9 Å². The molecule has 0 unspecified atom stereocenters. The van der Waals surface area contributed by atoms with E-state index in [2.05, 4.69) is 4.74 Å². The topological polar surface area (TPSA) is 92.8 Å². The Morgan fingerprint density at radius 2 is 2.00 bits per heavy atom. The van der Waals surface area contributed by atoms with Gasteiger partial charge in [-0.15, -0.1) is 0 Å². The van der Waals surface area contributed by atoms with Gasteiger partial charge in [-0.1, -0.05) is 0 Å². The second-order valence-corrected chi connectivity index (χ2v) is 5.84. The van der Waals surface area contributed by atoms with Crippen LogP contribution in [0.3, 0.4) is 0 Å². The van der Waals surface area contributed by atoms with Crippen LogP contribution < -0.4 is 4.72 Å². The first-order chi connectivity index (χ1) is 8.36. The zero-order chi connectivity index (χ0) is 13.8. The molecule has 1 rings (SSSR count). The molecule has 0 aromatic carbocycles. The Hall–Kier alpha value is -1.15. The molecule has 0 aromatic rings. The lowest BCUT2D eigenvalue weighted by molar-refractivity contribution is -0.120. The lowest BCUT2D eigenvalue weighted by atomic mass is 9.95. The highest BCUT2D eigenvalue weighted by molar-refractivity contribution is 7.87. The maximum absolute atomic E-state index is 11.8. The van der Waals surface area contributed by atoms with Crippen LogP contribution in [0.4, 0.5) is 4.79 Å². The van der Waals surface area contributed by atoms with Crippen molar-refractivity contribution in [3.05, 3.63) is 0 Å². The first kappa shape index (κ1) is 14.9. The molecule has 1 aliphatic carbocycles. The van der Waals surface area contributed by atoms with Gasteiger partial charge in [0.15, 0.2) is 0 Å². The van der Waals surface area contributed by atoms with Crippen LogP contribution in [-0.4, -0.2) is 44.3 Å². The van der Waals surface area contributed by atoms with Crippen molar-refractivity contribution < 1.29 is 22.7 Å². The Kier molecular flexibility index (Phi) is 5.09. The van der Waals surface area contributed by atoms with Crippen LogP contribution in [0.2, 0.25) is 0 Å². The highest BCUT2D eigenvalue weighted by Crippen LogP contribution is 2.20. The maximum atomic E-state index is 11.8. The molecule has 7 nitrogen and oxygen atoms in total. The summed E-state index contributed by atoms with van der Waals surface area (Å²) in [6, 6.07) is -0.255. The minimum absolute atomic E-state index is 0.100. The molecule has 0 saturated heterocycles. The fourth-order valence-electron chi connectivity index (χ4n) is 1.82. The lowest BCUT2D eigenvalue weighted by Gasteiger charge is -2.29. The second kappa shape index (κ2) is 6.14. The molecule has 0 aliphatic heterocycles. The SMILES string of the molecule is CCOC(=O)NS(=O)(=O)N(C)C1CCC(=O)CC1. The van der Waals surface area contributed by atoms with Gasteiger partial charge in [0.25, 0.3) is 0 Å².